The Morgan fingerprint density at radius 2 is 2.31 bits per heavy atom. The van der Waals surface area contributed by atoms with Crippen molar-refractivity contribution in [2.45, 2.75) is 19.8 Å². The molecule has 68 valence electrons. The monoisotopic (exact) mass is 176 g/mol. The van der Waals surface area contributed by atoms with Crippen LogP contribution in [0.1, 0.15) is 19.2 Å². The number of phenolic OH excluding ortho intramolecular Hbond substituents is 1. The zero-order valence-corrected chi connectivity index (χ0v) is 7.54. The van der Waals surface area contributed by atoms with Gasteiger partial charge in [0, 0.05) is 6.42 Å². The van der Waals surface area contributed by atoms with Crippen molar-refractivity contribution in [3.05, 3.63) is 24.0 Å². The van der Waals surface area contributed by atoms with E-state index < -0.39 is 0 Å². The van der Waals surface area contributed by atoms with Crippen LogP contribution in [0.25, 0.3) is 11.0 Å². The Bertz CT molecular complexity index is 420. The first-order chi connectivity index (χ1) is 6.31. The van der Waals surface area contributed by atoms with Crippen LogP contribution in [-0.2, 0) is 6.42 Å². The minimum atomic E-state index is 0.246. The summed E-state index contributed by atoms with van der Waals surface area (Å²) >= 11 is 0. The standard InChI is InChI=1S/C10H12N2O/c1-2-4-9-11-7-5-3-6-8(13)10(7)12-9/h3,5-6,13H,2,4H2,1H3,(H,11,12). The number of benzene rings is 1. The van der Waals surface area contributed by atoms with Crippen molar-refractivity contribution in [3.63, 3.8) is 0 Å². The molecule has 0 saturated heterocycles. The molecule has 3 heteroatoms. The molecule has 0 aliphatic heterocycles. The highest BCUT2D eigenvalue weighted by atomic mass is 16.3. The lowest BCUT2D eigenvalue weighted by Gasteiger charge is -1.89. The number of hydrogen-bond donors (Lipinski definition) is 2. The van der Waals surface area contributed by atoms with Gasteiger partial charge in [0.2, 0.25) is 0 Å². The molecule has 0 aliphatic carbocycles. The number of rotatable bonds is 2. The van der Waals surface area contributed by atoms with E-state index in [4.69, 9.17) is 0 Å². The van der Waals surface area contributed by atoms with Gasteiger partial charge in [-0.05, 0) is 18.6 Å². The summed E-state index contributed by atoms with van der Waals surface area (Å²) in [6.07, 6.45) is 1.98. The SMILES string of the molecule is CCCc1nc2c(O)cccc2[nH]1. The van der Waals surface area contributed by atoms with E-state index >= 15 is 0 Å². The van der Waals surface area contributed by atoms with Crippen molar-refractivity contribution >= 4 is 11.0 Å². The average Bonchev–Trinajstić information content (AvgIpc) is 2.49. The number of aromatic amines is 1. The first-order valence-electron chi connectivity index (χ1n) is 4.48. The quantitative estimate of drug-likeness (QED) is 0.737. The Morgan fingerprint density at radius 1 is 1.46 bits per heavy atom. The van der Waals surface area contributed by atoms with Crippen molar-refractivity contribution in [2.75, 3.05) is 0 Å². The van der Waals surface area contributed by atoms with Gasteiger partial charge in [-0.15, -0.1) is 0 Å². The van der Waals surface area contributed by atoms with Gasteiger partial charge in [0.15, 0.2) is 0 Å². The normalized spacial score (nSPS) is 10.8. The third-order valence-corrected chi connectivity index (χ3v) is 2.03. The van der Waals surface area contributed by atoms with E-state index in [0.29, 0.717) is 5.52 Å². The first-order valence-corrected chi connectivity index (χ1v) is 4.48. The van der Waals surface area contributed by atoms with E-state index in [2.05, 4.69) is 16.9 Å². The van der Waals surface area contributed by atoms with Crippen LogP contribution >= 0.6 is 0 Å². The van der Waals surface area contributed by atoms with Gasteiger partial charge in [0.05, 0.1) is 5.52 Å². The fourth-order valence-electron chi connectivity index (χ4n) is 1.42. The maximum absolute atomic E-state index is 9.47. The van der Waals surface area contributed by atoms with Crippen LogP contribution in [0.2, 0.25) is 0 Å². The summed E-state index contributed by atoms with van der Waals surface area (Å²) in [6, 6.07) is 5.38. The van der Waals surface area contributed by atoms with Crippen LogP contribution in [0.15, 0.2) is 18.2 Å². The van der Waals surface area contributed by atoms with E-state index in [9.17, 15) is 5.11 Å². The maximum atomic E-state index is 9.47. The molecule has 13 heavy (non-hydrogen) atoms. The average molecular weight is 176 g/mol. The van der Waals surface area contributed by atoms with Gasteiger partial charge < -0.3 is 10.1 Å². The summed E-state index contributed by atoms with van der Waals surface area (Å²) in [5.74, 6) is 1.19. The van der Waals surface area contributed by atoms with Gasteiger partial charge in [0.1, 0.15) is 17.1 Å². The van der Waals surface area contributed by atoms with Crippen molar-refractivity contribution in [1.29, 1.82) is 0 Å². The molecule has 0 radical (unpaired) electrons. The fraction of sp³-hybridized carbons (Fsp3) is 0.300. The second-order valence-electron chi connectivity index (χ2n) is 3.11. The number of para-hydroxylation sites is 1. The van der Waals surface area contributed by atoms with Crippen molar-refractivity contribution in [2.24, 2.45) is 0 Å². The summed E-state index contributed by atoms with van der Waals surface area (Å²) in [5.41, 5.74) is 1.58. The lowest BCUT2D eigenvalue weighted by Crippen LogP contribution is -1.83. The van der Waals surface area contributed by atoms with Crippen LogP contribution in [0.5, 0.6) is 5.75 Å². The molecule has 0 spiro atoms. The predicted molar refractivity (Wildman–Crippen MR) is 51.8 cm³/mol. The summed E-state index contributed by atoms with van der Waals surface area (Å²) < 4.78 is 0. The van der Waals surface area contributed by atoms with E-state index in [0.717, 1.165) is 24.2 Å². The minimum Gasteiger partial charge on any atom is -0.506 e. The van der Waals surface area contributed by atoms with Gasteiger partial charge in [0.25, 0.3) is 0 Å². The fourth-order valence-corrected chi connectivity index (χ4v) is 1.42. The molecular formula is C10H12N2O. The van der Waals surface area contributed by atoms with E-state index in [1.807, 2.05) is 12.1 Å². The van der Waals surface area contributed by atoms with Crippen LogP contribution in [0, 0.1) is 0 Å². The lowest BCUT2D eigenvalue weighted by atomic mass is 10.3. The molecule has 0 unspecified atom stereocenters. The number of phenols is 1. The lowest BCUT2D eigenvalue weighted by molar-refractivity contribution is 0.480. The van der Waals surface area contributed by atoms with E-state index in [1.54, 1.807) is 6.07 Å². The minimum absolute atomic E-state index is 0.246. The topological polar surface area (TPSA) is 48.9 Å². The van der Waals surface area contributed by atoms with Gasteiger partial charge in [-0.1, -0.05) is 13.0 Å². The summed E-state index contributed by atoms with van der Waals surface area (Å²) in [4.78, 5) is 7.46. The van der Waals surface area contributed by atoms with Gasteiger partial charge in [-0.2, -0.15) is 0 Å². The van der Waals surface area contributed by atoms with Crippen molar-refractivity contribution in [3.8, 4) is 5.75 Å². The largest absolute Gasteiger partial charge is 0.506 e. The van der Waals surface area contributed by atoms with Crippen molar-refractivity contribution < 1.29 is 5.11 Å². The molecule has 2 aromatic rings. The third kappa shape index (κ3) is 1.37. The van der Waals surface area contributed by atoms with E-state index in [-0.39, 0.29) is 5.75 Å². The zero-order valence-electron chi connectivity index (χ0n) is 7.54. The number of fused-ring (bicyclic) bond motifs is 1. The molecule has 1 aromatic carbocycles. The Kier molecular flexibility index (Phi) is 1.93. The van der Waals surface area contributed by atoms with Crippen LogP contribution in [-0.4, -0.2) is 15.1 Å². The first kappa shape index (κ1) is 8.10. The highest BCUT2D eigenvalue weighted by Crippen LogP contribution is 2.21. The Balaban J connectivity index is 2.55. The molecule has 1 aromatic heterocycles. The molecule has 0 fully saturated rings. The smallest absolute Gasteiger partial charge is 0.143 e. The predicted octanol–water partition coefficient (Wildman–Crippen LogP) is 2.22. The third-order valence-electron chi connectivity index (χ3n) is 2.03. The Labute approximate surface area is 76.4 Å². The molecule has 0 atom stereocenters. The second kappa shape index (κ2) is 3.09. The molecule has 1 heterocycles. The Hall–Kier alpha value is -1.51. The molecule has 0 amide bonds. The van der Waals surface area contributed by atoms with Crippen LogP contribution < -0.4 is 0 Å². The van der Waals surface area contributed by atoms with Gasteiger partial charge in [-0.25, -0.2) is 4.98 Å². The number of nitrogens with zero attached hydrogens (tertiary/aromatic N) is 1. The van der Waals surface area contributed by atoms with Gasteiger partial charge >= 0.3 is 0 Å². The molecule has 2 N–H and O–H groups in total. The zero-order chi connectivity index (χ0) is 9.26. The van der Waals surface area contributed by atoms with Crippen LogP contribution in [0.4, 0.5) is 0 Å². The van der Waals surface area contributed by atoms with Gasteiger partial charge in [-0.3, -0.25) is 0 Å². The summed E-state index contributed by atoms with van der Waals surface area (Å²) in [7, 11) is 0. The number of imidazole rings is 1. The molecular weight excluding hydrogens is 164 g/mol. The number of aromatic nitrogens is 2. The number of nitrogens with one attached hydrogen (secondary N) is 1. The number of aryl methyl sites for hydroxylation is 1. The van der Waals surface area contributed by atoms with Crippen LogP contribution in [0.3, 0.4) is 0 Å². The molecule has 0 aliphatic rings. The van der Waals surface area contributed by atoms with E-state index in [1.165, 1.54) is 0 Å². The Morgan fingerprint density at radius 3 is 3.00 bits per heavy atom. The number of aromatic hydroxyl groups is 1. The molecule has 3 nitrogen and oxygen atoms in total. The molecule has 0 saturated carbocycles. The second-order valence-corrected chi connectivity index (χ2v) is 3.11. The molecule has 2 rings (SSSR count). The highest BCUT2D eigenvalue weighted by Gasteiger charge is 2.04. The molecule has 0 bridgehead atoms. The summed E-state index contributed by atoms with van der Waals surface area (Å²) in [5, 5.41) is 9.47. The number of H-pyrrole nitrogens is 1. The maximum Gasteiger partial charge on any atom is 0.143 e. The number of hydrogen-bond acceptors (Lipinski definition) is 2. The van der Waals surface area contributed by atoms with Crippen molar-refractivity contribution in [1.82, 2.24) is 9.97 Å². The summed E-state index contributed by atoms with van der Waals surface area (Å²) in [6.45, 7) is 2.10. The highest BCUT2D eigenvalue weighted by molar-refractivity contribution is 5.81.